The lowest BCUT2D eigenvalue weighted by Gasteiger charge is -2.08. The van der Waals surface area contributed by atoms with Gasteiger partial charge in [0.05, 0.1) is 27.0 Å². The number of aromatic amines is 1. The molecule has 0 spiro atoms. The Labute approximate surface area is 292 Å². The molecule has 0 saturated carbocycles. The van der Waals surface area contributed by atoms with Crippen molar-refractivity contribution in [3.63, 3.8) is 0 Å². The lowest BCUT2D eigenvalue weighted by molar-refractivity contribution is -0.384. The van der Waals surface area contributed by atoms with Crippen LogP contribution in [0.2, 0.25) is 0 Å². The van der Waals surface area contributed by atoms with Crippen molar-refractivity contribution in [1.29, 1.82) is 0 Å². The molecule has 48 heavy (non-hydrogen) atoms. The van der Waals surface area contributed by atoms with Crippen LogP contribution >= 0.6 is 31.9 Å². The maximum Gasteiger partial charge on any atom is 0.277 e. The number of benzene rings is 6. The molecule has 8 heteroatoms. The highest BCUT2D eigenvalue weighted by molar-refractivity contribution is 9.10. The Hall–Kier alpha value is -5.44. The second-order valence-corrected chi connectivity index (χ2v) is 13.3. The van der Waals surface area contributed by atoms with Crippen LogP contribution in [0.5, 0.6) is 0 Å². The Morgan fingerprint density at radius 2 is 1.17 bits per heavy atom. The van der Waals surface area contributed by atoms with Crippen LogP contribution in [0.25, 0.3) is 66.1 Å². The number of H-pyrrole nitrogens is 1. The van der Waals surface area contributed by atoms with Crippen molar-refractivity contribution >= 4 is 81.2 Å². The van der Waals surface area contributed by atoms with Crippen molar-refractivity contribution in [3.8, 4) is 22.5 Å². The molecule has 0 radical (unpaired) electrons. The van der Waals surface area contributed by atoms with Crippen LogP contribution in [0.3, 0.4) is 0 Å². The number of nitrogens with one attached hydrogen (secondary N) is 1. The van der Waals surface area contributed by atoms with Crippen molar-refractivity contribution in [2.24, 2.45) is 0 Å². The lowest BCUT2D eigenvalue weighted by atomic mass is 10.00. The third-order valence-electron chi connectivity index (χ3n) is 8.65. The minimum atomic E-state index is -0.338. The van der Waals surface area contributed by atoms with Gasteiger partial charge in [-0.15, -0.1) is 0 Å². The first-order valence-electron chi connectivity index (χ1n) is 15.3. The number of fused-ring (bicyclic) bond motifs is 6. The summed E-state index contributed by atoms with van der Waals surface area (Å²) in [6, 6.07) is 46.4. The maximum absolute atomic E-state index is 11.5. The summed E-state index contributed by atoms with van der Waals surface area (Å²) in [4.78, 5) is 14.7. The van der Waals surface area contributed by atoms with E-state index < -0.39 is 0 Å². The minimum absolute atomic E-state index is 0.100. The molecular formula is C40H26Br2N4O2. The molecule has 0 atom stereocenters. The SMILES string of the molecule is Brc1ccc2[nH]c3c(ccc4c3ccn4-c3ccccc3)c2c1.O=[N+]([O-])c1ccc(Br)cc1-c1cccc2c1ccn2-c1ccccc1. The molecule has 0 aliphatic rings. The van der Waals surface area contributed by atoms with Gasteiger partial charge in [0, 0.05) is 65.8 Å². The summed E-state index contributed by atoms with van der Waals surface area (Å²) in [6.07, 6.45) is 4.13. The second kappa shape index (κ2) is 12.3. The van der Waals surface area contributed by atoms with Crippen molar-refractivity contribution in [2.75, 3.05) is 0 Å². The van der Waals surface area contributed by atoms with Gasteiger partial charge in [0.1, 0.15) is 0 Å². The van der Waals surface area contributed by atoms with Gasteiger partial charge in [-0.25, -0.2) is 0 Å². The predicted molar refractivity (Wildman–Crippen MR) is 203 cm³/mol. The molecule has 0 amide bonds. The van der Waals surface area contributed by atoms with E-state index in [-0.39, 0.29) is 10.6 Å². The van der Waals surface area contributed by atoms with Crippen molar-refractivity contribution in [3.05, 3.63) is 171 Å². The number of aromatic nitrogens is 3. The van der Waals surface area contributed by atoms with E-state index in [9.17, 15) is 10.1 Å². The molecule has 0 aliphatic carbocycles. The van der Waals surface area contributed by atoms with E-state index in [4.69, 9.17) is 0 Å². The zero-order valence-corrected chi connectivity index (χ0v) is 28.5. The number of nitro benzene ring substituents is 1. The van der Waals surface area contributed by atoms with E-state index in [1.165, 1.54) is 44.5 Å². The van der Waals surface area contributed by atoms with Gasteiger partial charge in [-0.1, -0.05) is 86.5 Å². The molecule has 0 saturated heterocycles. The monoisotopic (exact) mass is 752 g/mol. The Kier molecular flexibility index (Phi) is 7.67. The topological polar surface area (TPSA) is 68.8 Å². The first-order valence-corrected chi connectivity index (χ1v) is 16.9. The number of hydrogen-bond donors (Lipinski definition) is 1. The van der Waals surface area contributed by atoms with Gasteiger partial charge in [0.2, 0.25) is 0 Å². The van der Waals surface area contributed by atoms with Gasteiger partial charge in [0.15, 0.2) is 0 Å². The Morgan fingerprint density at radius 3 is 1.85 bits per heavy atom. The third-order valence-corrected chi connectivity index (χ3v) is 9.64. The van der Waals surface area contributed by atoms with Crippen LogP contribution in [-0.4, -0.2) is 19.0 Å². The molecule has 3 heterocycles. The highest BCUT2D eigenvalue weighted by atomic mass is 79.9. The fourth-order valence-electron chi connectivity index (χ4n) is 6.47. The average molecular weight is 754 g/mol. The molecule has 3 aromatic heterocycles. The van der Waals surface area contributed by atoms with Crippen molar-refractivity contribution < 1.29 is 4.92 Å². The van der Waals surface area contributed by atoms with Crippen LogP contribution < -0.4 is 0 Å². The smallest absolute Gasteiger partial charge is 0.277 e. The normalized spacial score (nSPS) is 11.3. The van der Waals surface area contributed by atoms with E-state index in [2.05, 4.69) is 113 Å². The molecule has 0 fully saturated rings. The van der Waals surface area contributed by atoms with Crippen LogP contribution in [0.15, 0.2) is 161 Å². The first-order chi connectivity index (χ1) is 23.5. The van der Waals surface area contributed by atoms with Gasteiger partial charge in [-0.3, -0.25) is 10.1 Å². The van der Waals surface area contributed by atoms with Gasteiger partial charge < -0.3 is 14.1 Å². The number of para-hydroxylation sites is 2. The number of nitrogens with zero attached hydrogens (tertiary/aromatic N) is 3. The molecule has 0 aliphatic heterocycles. The largest absolute Gasteiger partial charge is 0.354 e. The lowest BCUT2D eigenvalue weighted by Crippen LogP contribution is -1.93. The molecule has 6 aromatic carbocycles. The molecule has 1 N–H and O–H groups in total. The summed E-state index contributed by atoms with van der Waals surface area (Å²) < 4.78 is 6.24. The molecular weight excluding hydrogens is 728 g/mol. The van der Waals surface area contributed by atoms with E-state index in [0.29, 0.717) is 5.56 Å². The molecule has 0 unspecified atom stereocenters. The highest BCUT2D eigenvalue weighted by Gasteiger charge is 2.18. The molecule has 9 rings (SSSR count). The quantitative estimate of drug-likeness (QED) is 0.144. The van der Waals surface area contributed by atoms with Gasteiger partial charge in [-0.05, 0) is 84.4 Å². The van der Waals surface area contributed by atoms with E-state index >= 15 is 0 Å². The Bertz CT molecular complexity index is 2620. The molecule has 0 bridgehead atoms. The maximum atomic E-state index is 11.5. The Balaban J connectivity index is 0.000000140. The van der Waals surface area contributed by atoms with Crippen LogP contribution in [0, 0.1) is 10.1 Å². The summed E-state index contributed by atoms with van der Waals surface area (Å²) in [5, 5.41) is 16.2. The fourth-order valence-corrected chi connectivity index (χ4v) is 7.19. The number of hydrogen-bond acceptors (Lipinski definition) is 2. The average Bonchev–Trinajstić information content (AvgIpc) is 3.84. The molecule has 232 valence electrons. The van der Waals surface area contributed by atoms with Gasteiger partial charge in [-0.2, -0.15) is 0 Å². The van der Waals surface area contributed by atoms with E-state index in [1.54, 1.807) is 12.1 Å². The Morgan fingerprint density at radius 1 is 0.542 bits per heavy atom. The summed E-state index contributed by atoms with van der Waals surface area (Å²) in [7, 11) is 0. The minimum Gasteiger partial charge on any atom is -0.354 e. The van der Waals surface area contributed by atoms with Gasteiger partial charge >= 0.3 is 0 Å². The summed E-state index contributed by atoms with van der Waals surface area (Å²) in [5.74, 6) is 0. The molecule has 6 nitrogen and oxygen atoms in total. The summed E-state index contributed by atoms with van der Waals surface area (Å²) in [5.41, 5.74) is 8.39. The number of nitro groups is 1. The standard InChI is InChI=1S/C20H13BrN2O2.C20H13BrN2/c21-14-9-10-20(23(24)25)18(13-14)16-7-4-8-19-17(16)11-12-22(19)15-5-2-1-3-6-15;21-13-6-8-18-17(12-13)15-7-9-19-16(20(15)22-18)10-11-23(19)14-4-2-1-3-5-14/h1-13H;1-12,22H. The van der Waals surface area contributed by atoms with E-state index in [1.807, 2.05) is 66.9 Å². The summed E-state index contributed by atoms with van der Waals surface area (Å²) in [6.45, 7) is 0. The molecule has 9 aromatic rings. The van der Waals surface area contributed by atoms with Crippen LogP contribution in [0.1, 0.15) is 0 Å². The zero-order chi connectivity index (χ0) is 32.8. The first kappa shape index (κ1) is 29.9. The van der Waals surface area contributed by atoms with Crippen molar-refractivity contribution in [1.82, 2.24) is 14.1 Å². The summed E-state index contributed by atoms with van der Waals surface area (Å²) >= 11 is 6.99. The van der Waals surface area contributed by atoms with Crippen LogP contribution in [-0.2, 0) is 0 Å². The highest BCUT2D eigenvalue weighted by Crippen LogP contribution is 2.38. The predicted octanol–water partition coefficient (Wildman–Crippen LogP) is 12.0. The second-order valence-electron chi connectivity index (χ2n) is 11.4. The number of halogens is 2. The van der Waals surface area contributed by atoms with Crippen LogP contribution in [0.4, 0.5) is 5.69 Å². The van der Waals surface area contributed by atoms with Gasteiger partial charge in [0.25, 0.3) is 5.69 Å². The van der Waals surface area contributed by atoms with E-state index in [0.717, 1.165) is 31.1 Å². The zero-order valence-electron chi connectivity index (χ0n) is 25.3. The number of rotatable bonds is 4. The third kappa shape index (κ3) is 5.29. The fraction of sp³-hybridized carbons (Fsp3) is 0. The van der Waals surface area contributed by atoms with Crippen molar-refractivity contribution in [2.45, 2.75) is 0 Å².